The summed E-state index contributed by atoms with van der Waals surface area (Å²) in [4.78, 5) is 21.7. The molecule has 0 saturated heterocycles. The van der Waals surface area contributed by atoms with Crippen molar-refractivity contribution < 1.29 is 13.9 Å². The molecular formula is C30H24FN5O3. The summed E-state index contributed by atoms with van der Waals surface area (Å²) in [6.45, 7) is 3.93. The molecule has 6 rings (SSSR count). The van der Waals surface area contributed by atoms with Gasteiger partial charge in [0.15, 0.2) is 5.65 Å². The van der Waals surface area contributed by atoms with Gasteiger partial charge in [0.2, 0.25) is 0 Å². The zero-order valence-electron chi connectivity index (χ0n) is 21.2. The van der Waals surface area contributed by atoms with Gasteiger partial charge in [0.1, 0.15) is 41.2 Å². The molecule has 8 nitrogen and oxygen atoms in total. The maximum absolute atomic E-state index is 14.2. The highest BCUT2D eigenvalue weighted by Gasteiger charge is 2.27. The van der Waals surface area contributed by atoms with Crippen molar-refractivity contribution in [3.05, 3.63) is 101 Å². The first-order chi connectivity index (χ1) is 18.9. The van der Waals surface area contributed by atoms with Gasteiger partial charge < -0.3 is 15.3 Å². The Hall–Kier alpha value is -5.05. The van der Waals surface area contributed by atoms with Gasteiger partial charge in [0.05, 0.1) is 10.8 Å². The molecule has 1 atom stereocenters. The van der Waals surface area contributed by atoms with Crippen LogP contribution in [0.4, 0.5) is 10.2 Å². The van der Waals surface area contributed by atoms with Gasteiger partial charge in [-0.1, -0.05) is 49.4 Å². The number of aryl methyl sites for hydroxylation is 1. The number of rotatable bonds is 5. The number of anilines is 1. The molecule has 194 valence electrons. The molecule has 3 heterocycles. The van der Waals surface area contributed by atoms with Crippen molar-refractivity contribution in [2.24, 2.45) is 0 Å². The van der Waals surface area contributed by atoms with Crippen molar-refractivity contribution >= 4 is 27.6 Å². The Kier molecular flexibility index (Phi) is 5.83. The lowest BCUT2D eigenvalue weighted by Gasteiger charge is -2.18. The summed E-state index contributed by atoms with van der Waals surface area (Å²) in [6.07, 6.45) is 2.16. The van der Waals surface area contributed by atoms with E-state index in [1.807, 2.05) is 31.2 Å². The monoisotopic (exact) mass is 521 g/mol. The third-order valence-corrected chi connectivity index (χ3v) is 6.91. The third kappa shape index (κ3) is 4.08. The molecule has 0 radical (unpaired) electrons. The minimum Gasteiger partial charge on any atom is -0.508 e. The van der Waals surface area contributed by atoms with E-state index < -0.39 is 17.5 Å². The van der Waals surface area contributed by atoms with Crippen LogP contribution in [0.2, 0.25) is 0 Å². The van der Waals surface area contributed by atoms with Crippen LogP contribution in [0.15, 0.2) is 82.3 Å². The van der Waals surface area contributed by atoms with E-state index in [-0.39, 0.29) is 11.6 Å². The summed E-state index contributed by atoms with van der Waals surface area (Å²) in [5.74, 6) is -0.347. The summed E-state index contributed by atoms with van der Waals surface area (Å²) < 4.78 is 21.8. The van der Waals surface area contributed by atoms with E-state index in [4.69, 9.17) is 15.2 Å². The van der Waals surface area contributed by atoms with Gasteiger partial charge in [0, 0.05) is 22.6 Å². The van der Waals surface area contributed by atoms with Gasteiger partial charge in [-0.3, -0.25) is 0 Å². The van der Waals surface area contributed by atoms with Gasteiger partial charge in [-0.15, -0.1) is 0 Å². The fourth-order valence-electron chi connectivity index (χ4n) is 5.05. The maximum atomic E-state index is 14.2. The Labute approximate surface area is 222 Å². The molecule has 0 amide bonds. The van der Waals surface area contributed by atoms with Gasteiger partial charge in [-0.25, -0.2) is 23.8 Å². The first-order valence-corrected chi connectivity index (χ1v) is 12.5. The SMILES string of the molecule is CCc1cccc(-c2c(C(C)n3nc(-c4cc(O)cc(F)c4)c4c(N)ncnc43)oc(=O)c3ccccc23)c1. The molecule has 1 unspecified atom stereocenters. The van der Waals surface area contributed by atoms with Crippen LogP contribution in [-0.4, -0.2) is 24.9 Å². The summed E-state index contributed by atoms with van der Waals surface area (Å²) in [5, 5.41) is 16.4. The van der Waals surface area contributed by atoms with Crippen molar-refractivity contribution in [1.29, 1.82) is 0 Å². The standard InChI is InChI=1S/C30H24FN5O3/c1-3-17-7-6-8-18(11-17)24-22-9-4-5-10-23(22)30(38)39-27(24)16(2)36-29-25(28(32)33-15-34-29)26(35-36)19-12-20(31)14-21(37)13-19/h4-16,37H,3H2,1-2H3,(H2,32,33,34). The van der Waals surface area contributed by atoms with E-state index in [1.54, 1.807) is 16.8 Å². The number of halogens is 1. The number of phenols is 1. The number of hydrogen-bond donors (Lipinski definition) is 2. The van der Waals surface area contributed by atoms with E-state index in [2.05, 4.69) is 29.0 Å². The van der Waals surface area contributed by atoms with Gasteiger partial charge in [-0.2, -0.15) is 5.10 Å². The lowest BCUT2D eigenvalue weighted by atomic mass is 9.94. The number of phenolic OH excluding ortho intramolecular Hbond substituents is 1. The summed E-state index contributed by atoms with van der Waals surface area (Å²) >= 11 is 0. The van der Waals surface area contributed by atoms with E-state index >= 15 is 0 Å². The number of nitrogen functional groups attached to an aromatic ring is 1. The molecule has 3 aromatic carbocycles. The lowest BCUT2D eigenvalue weighted by molar-refractivity contribution is 0.405. The Bertz CT molecular complexity index is 1930. The van der Waals surface area contributed by atoms with Gasteiger partial charge in [0.25, 0.3) is 0 Å². The Morgan fingerprint density at radius 2 is 1.82 bits per heavy atom. The predicted molar refractivity (Wildman–Crippen MR) is 148 cm³/mol. The zero-order chi connectivity index (χ0) is 27.3. The molecule has 0 fully saturated rings. The van der Waals surface area contributed by atoms with Crippen molar-refractivity contribution in [3.63, 3.8) is 0 Å². The Balaban J connectivity index is 1.65. The normalized spacial score (nSPS) is 12.3. The number of benzene rings is 3. The topological polar surface area (TPSA) is 120 Å². The lowest BCUT2D eigenvalue weighted by Crippen LogP contribution is -2.14. The number of hydrogen-bond acceptors (Lipinski definition) is 7. The van der Waals surface area contributed by atoms with Gasteiger partial charge >= 0.3 is 5.63 Å². The quantitative estimate of drug-likeness (QED) is 0.291. The highest BCUT2D eigenvalue weighted by atomic mass is 19.1. The summed E-state index contributed by atoms with van der Waals surface area (Å²) in [7, 11) is 0. The van der Waals surface area contributed by atoms with Crippen LogP contribution in [0.25, 0.3) is 44.2 Å². The molecule has 3 N–H and O–H groups in total. The molecule has 9 heteroatoms. The van der Waals surface area contributed by atoms with E-state index in [0.29, 0.717) is 33.4 Å². The van der Waals surface area contributed by atoms with Gasteiger partial charge in [-0.05, 0) is 42.7 Å². The van der Waals surface area contributed by atoms with E-state index in [0.717, 1.165) is 34.6 Å². The molecule has 6 aromatic rings. The average molecular weight is 522 g/mol. The van der Waals surface area contributed by atoms with E-state index in [9.17, 15) is 14.3 Å². The van der Waals surface area contributed by atoms with E-state index in [1.165, 1.54) is 18.5 Å². The zero-order valence-corrected chi connectivity index (χ0v) is 21.2. The number of nitrogens with zero attached hydrogens (tertiary/aromatic N) is 4. The largest absolute Gasteiger partial charge is 0.508 e. The van der Waals surface area contributed by atoms with Crippen LogP contribution in [0, 0.1) is 5.82 Å². The molecule has 0 aliphatic rings. The van der Waals surface area contributed by atoms with Crippen molar-refractivity contribution in [2.75, 3.05) is 5.73 Å². The first-order valence-electron chi connectivity index (χ1n) is 12.5. The Morgan fingerprint density at radius 3 is 2.59 bits per heavy atom. The van der Waals surface area contributed by atoms with Crippen LogP contribution < -0.4 is 11.4 Å². The molecule has 3 aromatic heterocycles. The second kappa shape index (κ2) is 9.36. The van der Waals surface area contributed by atoms with Crippen molar-refractivity contribution in [3.8, 4) is 28.1 Å². The van der Waals surface area contributed by atoms with Crippen LogP contribution in [0.3, 0.4) is 0 Å². The van der Waals surface area contributed by atoms with Crippen molar-refractivity contribution in [1.82, 2.24) is 19.7 Å². The predicted octanol–water partition coefficient (Wildman–Crippen LogP) is 5.87. The number of nitrogens with two attached hydrogens (primary N) is 1. The number of aromatic nitrogens is 4. The molecule has 39 heavy (non-hydrogen) atoms. The molecule has 0 aliphatic carbocycles. The fraction of sp³-hybridized carbons (Fsp3) is 0.133. The highest BCUT2D eigenvalue weighted by molar-refractivity contribution is 5.99. The average Bonchev–Trinajstić information content (AvgIpc) is 3.33. The summed E-state index contributed by atoms with van der Waals surface area (Å²) in [6, 6.07) is 18.5. The molecular weight excluding hydrogens is 497 g/mol. The summed E-state index contributed by atoms with van der Waals surface area (Å²) in [5.41, 5.74) is 9.55. The third-order valence-electron chi connectivity index (χ3n) is 6.91. The minimum absolute atomic E-state index is 0.146. The molecule has 0 aliphatic heterocycles. The first kappa shape index (κ1) is 24.3. The van der Waals surface area contributed by atoms with Crippen LogP contribution in [0.1, 0.15) is 31.2 Å². The highest BCUT2D eigenvalue weighted by Crippen LogP contribution is 2.39. The maximum Gasteiger partial charge on any atom is 0.343 e. The fourth-order valence-corrected chi connectivity index (χ4v) is 5.05. The van der Waals surface area contributed by atoms with Crippen LogP contribution >= 0.6 is 0 Å². The minimum atomic E-state index is -0.630. The second-order valence-corrected chi connectivity index (χ2v) is 9.35. The molecule has 0 spiro atoms. The smallest absolute Gasteiger partial charge is 0.343 e. The number of fused-ring (bicyclic) bond motifs is 2. The van der Waals surface area contributed by atoms with Crippen LogP contribution in [0.5, 0.6) is 5.75 Å². The number of aromatic hydroxyl groups is 1. The van der Waals surface area contributed by atoms with Crippen molar-refractivity contribution in [2.45, 2.75) is 26.3 Å². The second-order valence-electron chi connectivity index (χ2n) is 9.35. The molecule has 0 bridgehead atoms. The Morgan fingerprint density at radius 1 is 1.03 bits per heavy atom. The van der Waals surface area contributed by atoms with Crippen LogP contribution in [-0.2, 0) is 6.42 Å². The molecule has 0 saturated carbocycles.